The molecule has 0 aliphatic carbocycles. The lowest BCUT2D eigenvalue weighted by Gasteiger charge is -2.35. The smallest absolute Gasteiger partial charge is 0.0373 e. The van der Waals surface area contributed by atoms with Gasteiger partial charge in [-0.05, 0) is 65.3 Å². The van der Waals surface area contributed by atoms with Crippen molar-refractivity contribution in [1.29, 1.82) is 0 Å². The van der Waals surface area contributed by atoms with Gasteiger partial charge in [0.15, 0.2) is 0 Å². The Morgan fingerprint density at radius 3 is 2.53 bits per heavy atom. The van der Waals surface area contributed by atoms with Crippen molar-refractivity contribution in [1.82, 2.24) is 15.1 Å². The fourth-order valence-electron chi connectivity index (χ4n) is 3.01. The van der Waals surface area contributed by atoms with Crippen LogP contribution in [-0.4, -0.2) is 62.2 Å². The van der Waals surface area contributed by atoms with Crippen molar-refractivity contribution in [2.45, 2.75) is 58.5 Å². The average Bonchev–Trinajstić information content (AvgIpc) is 2.51. The van der Waals surface area contributed by atoms with E-state index in [0.29, 0.717) is 12.1 Å². The predicted molar refractivity (Wildman–Crippen MR) is 84.7 cm³/mol. The molecule has 3 nitrogen and oxygen atoms in total. The lowest BCUT2D eigenvalue weighted by atomic mass is 9.96. The van der Waals surface area contributed by atoms with Gasteiger partial charge in [-0.2, -0.15) is 0 Å². The van der Waals surface area contributed by atoms with Crippen LogP contribution in [0.5, 0.6) is 0 Å². The van der Waals surface area contributed by atoms with Gasteiger partial charge in [-0.15, -0.1) is 0 Å². The minimum absolute atomic E-state index is 0.646. The Labute approximate surface area is 120 Å². The first-order valence-corrected chi connectivity index (χ1v) is 8.16. The molecule has 3 heteroatoms. The molecule has 0 bridgehead atoms. The van der Waals surface area contributed by atoms with Crippen LogP contribution in [0, 0.1) is 5.92 Å². The molecule has 0 aromatic heterocycles. The SMILES string of the molecule is CCCNC(CCC(C)C)C1CN(C)CCCN1C. The van der Waals surface area contributed by atoms with Gasteiger partial charge >= 0.3 is 0 Å². The van der Waals surface area contributed by atoms with Crippen LogP contribution in [-0.2, 0) is 0 Å². The minimum Gasteiger partial charge on any atom is -0.312 e. The first-order valence-electron chi connectivity index (χ1n) is 8.16. The van der Waals surface area contributed by atoms with Crippen molar-refractivity contribution in [2.24, 2.45) is 5.92 Å². The third kappa shape index (κ3) is 6.24. The fourth-order valence-corrected chi connectivity index (χ4v) is 3.01. The summed E-state index contributed by atoms with van der Waals surface area (Å²) in [6.07, 6.45) is 5.16. The summed E-state index contributed by atoms with van der Waals surface area (Å²) in [4.78, 5) is 5.08. The third-order valence-corrected chi connectivity index (χ3v) is 4.29. The molecule has 0 radical (unpaired) electrons. The summed E-state index contributed by atoms with van der Waals surface area (Å²) in [6.45, 7) is 11.8. The van der Waals surface area contributed by atoms with E-state index in [1.807, 2.05) is 0 Å². The van der Waals surface area contributed by atoms with Crippen molar-refractivity contribution in [3.63, 3.8) is 0 Å². The molecule has 1 fully saturated rings. The topological polar surface area (TPSA) is 18.5 Å². The Morgan fingerprint density at radius 1 is 1.16 bits per heavy atom. The molecule has 2 unspecified atom stereocenters. The summed E-state index contributed by atoms with van der Waals surface area (Å²) in [6, 6.07) is 1.31. The van der Waals surface area contributed by atoms with Gasteiger partial charge in [0.2, 0.25) is 0 Å². The summed E-state index contributed by atoms with van der Waals surface area (Å²) in [5.41, 5.74) is 0. The number of hydrogen-bond acceptors (Lipinski definition) is 3. The summed E-state index contributed by atoms with van der Waals surface area (Å²) in [5.74, 6) is 0.805. The normalized spacial score (nSPS) is 24.6. The molecule has 0 spiro atoms. The Morgan fingerprint density at radius 2 is 1.89 bits per heavy atom. The van der Waals surface area contributed by atoms with Crippen LogP contribution in [0.3, 0.4) is 0 Å². The largest absolute Gasteiger partial charge is 0.312 e. The summed E-state index contributed by atoms with van der Waals surface area (Å²) >= 11 is 0. The van der Waals surface area contributed by atoms with Gasteiger partial charge in [-0.25, -0.2) is 0 Å². The standard InChI is InChI=1S/C16H35N3/c1-6-10-17-15(9-8-14(2)3)16-13-18(4)11-7-12-19(16)5/h14-17H,6-13H2,1-5H3. The zero-order valence-corrected chi connectivity index (χ0v) is 13.8. The monoisotopic (exact) mass is 269 g/mol. The van der Waals surface area contributed by atoms with Gasteiger partial charge in [0.25, 0.3) is 0 Å². The lowest BCUT2D eigenvalue weighted by molar-refractivity contribution is 0.168. The molecule has 2 atom stereocenters. The molecule has 114 valence electrons. The van der Waals surface area contributed by atoms with Gasteiger partial charge < -0.3 is 15.1 Å². The number of nitrogens with zero attached hydrogens (tertiary/aromatic N) is 2. The molecule has 19 heavy (non-hydrogen) atoms. The van der Waals surface area contributed by atoms with Crippen LogP contribution < -0.4 is 5.32 Å². The molecule has 0 saturated carbocycles. The van der Waals surface area contributed by atoms with Gasteiger partial charge in [0.05, 0.1) is 0 Å². The number of rotatable bonds is 7. The Balaban J connectivity index is 2.62. The van der Waals surface area contributed by atoms with Crippen LogP contribution in [0.1, 0.15) is 46.5 Å². The molecule has 0 amide bonds. The van der Waals surface area contributed by atoms with Crippen LogP contribution in [0.15, 0.2) is 0 Å². The van der Waals surface area contributed by atoms with E-state index in [9.17, 15) is 0 Å². The third-order valence-electron chi connectivity index (χ3n) is 4.29. The Bertz CT molecular complexity index is 230. The highest BCUT2D eigenvalue weighted by Gasteiger charge is 2.27. The van der Waals surface area contributed by atoms with Crippen molar-refractivity contribution in [3.8, 4) is 0 Å². The van der Waals surface area contributed by atoms with E-state index in [4.69, 9.17) is 0 Å². The molecule has 1 rings (SSSR count). The van der Waals surface area contributed by atoms with E-state index in [2.05, 4.69) is 50.0 Å². The lowest BCUT2D eigenvalue weighted by Crippen LogP contribution is -2.52. The number of hydrogen-bond donors (Lipinski definition) is 1. The zero-order chi connectivity index (χ0) is 14.3. The fraction of sp³-hybridized carbons (Fsp3) is 1.00. The maximum atomic E-state index is 3.80. The first kappa shape index (κ1) is 16.9. The van der Waals surface area contributed by atoms with Crippen molar-refractivity contribution in [3.05, 3.63) is 0 Å². The van der Waals surface area contributed by atoms with E-state index in [1.54, 1.807) is 0 Å². The van der Waals surface area contributed by atoms with Crippen LogP contribution >= 0.6 is 0 Å². The van der Waals surface area contributed by atoms with Crippen LogP contribution in [0.4, 0.5) is 0 Å². The molecule has 1 aliphatic heterocycles. The number of nitrogens with one attached hydrogen (secondary N) is 1. The van der Waals surface area contributed by atoms with E-state index < -0.39 is 0 Å². The summed E-state index contributed by atoms with van der Waals surface area (Å²) < 4.78 is 0. The van der Waals surface area contributed by atoms with Crippen molar-refractivity contribution >= 4 is 0 Å². The molecule has 1 heterocycles. The highest BCUT2D eigenvalue weighted by atomic mass is 15.2. The predicted octanol–water partition coefficient (Wildman–Crippen LogP) is 2.43. The molecule has 1 saturated heterocycles. The van der Waals surface area contributed by atoms with Crippen molar-refractivity contribution < 1.29 is 0 Å². The van der Waals surface area contributed by atoms with Gasteiger partial charge in [0.1, 0.15) is 0 Å². The van der Waals surface area contributed by atoms with Crippen LogP contribution in [0.2, 0.25) is 0 Å². The second-order valence-electron chi connectivity index (χ2n) is 6.70. The highest BCUT2D eigenvalue weighted by Crippen LogP contribution is 2.16. The van der Waals surface area contributed by atoms with Gasteiger partial charge in [0, 0.05) is 18.6 Å². The quantitative estimate of drug-likeness (QED) is 0.766. The Kier molecular flexibility index (Phi) is 7.96. The molecule has 1 N–H and O–H groups in total. The Hall–Kier alpha value is -0.120. The second kappa shape index (κ2) is 8.93. The molecular formula is C16H35N3. The van der Waals surface area contributed by atoms with E-state index in [1.165, 1.54) is 45.3 Å². The summed E-state index contributed by atoms with van der Waals surface area (Å²) in [5, 5.41) is 3.80. The van der Waals surface area contributed by atoms with Gasteiger partial charge in [-0.1, -0.05) is 20.8 Å². The maximum Gasteiger partial charge on any atom is 0.0373 e. The van der Waals surface area contributed by atoms with E-state index >= 15 is 0 Å². The molecule has 0 aromatic carbocycles. The minimum atomic E-state index is 0.646. The molecular weight excluding hydrogens is 234 g/mol. The molecule has 0 aromatic rings. The van der Waals surface area contributed by atoms with Gasteiger partial charge in [-0.3, -0.25) is 0 Å². The van der Waals surface area contributed by atoms with Crippen LogP contribution in [0.25, 0.3) is 0 Å². The number of likely N-dealkylation sites (N-methyl/N-ethyl adjacent to an activating group) is 2. The highest BCUT2D eigenvalue weighted by molar-refractivity contribution is 4.87. The molecule has 1 aliphatic rings. The van der Waals surface area contributed by atoms with E-state index in [-0.39, 0.29) is 0 Å². The zero-order valence-electron chi connectivity index (χ0n) is 13.8. The summed E-state index contributed by atoms with van der Waals surface area (Å²) in [7, 11) is 4.57. The maximum absolute atomic E-state index is 3.80. The second-order valence-corrected chi connectivity index (χ2v) is 6.70. The average molecular weight is 269 g/mol. The first-order chi connectivity index (χ1) is 9.04. The van der Waals surface area contributed by atoms with E-state index in [0.717, 1.165) is 12.5 Å². The van der Waals surface area contributed by atoms with Crippen molar-refractivity contribution in [2.75, 3.05) is 40.3 Å².